The van der Waals surface area contributed by atoms with Crippen LogP contribution in [-0.2, 0) is 9.47 Å². The molecule has 4 nitrogen and oxygen atoms in total. The highest BCUT2D eigenvalue weighted by Crippen LogP contribution is 2.20. The second kappa shape index (κ2) is 5.72. The maximum Gasteiger partial charge on any atom is 0.0933 e. The molecular formula is C11H18N2O2S. The molecule has 0 aromatic carbocycles. The summed E-state index contributed by atoms with van der Waals surface area (Å²) in [7, 11) is 0. The maximum atomic E-state index is 5.58. The van der Waals surface area contributed by atoms with E-state index in [9.17, 15) is 0 Å². The van der Waals surface area contributed by atoms with Crippen LogP contribution in [0.5, 0.6) is 0 Å². The van der Waals surface area contributed by atoms with Crippen molar-refractivity contribution < 1.29 is 9.47 Å². The zero-order chi connectivity index (χ0) is 11.4. The Balaban J connectivity index is 1.79. The van der Waals surface area contributed by atoms with Gasteiger partial charge in [-0.15, -0.1) is 11.3 Å². The highest BCUT2D eigenvalue weighted by atomic mass is 32.1. The van der Waals surface area contributed by atoms with Crippen molar-refractivity contribution in [3.63, 3.8) is 0 Å². The van der Waals surface area contributed by atoms with Crippen molar-refractivity contribution >= 4 is 11.3 Å². The average Bonchev–Trinajstić information content (AvgIpc) is 2.74. The van der Waals surface area contributed by atoms with Gasteiger partial charge >= 0.3 is 0 Å². The summed E-state index contributed by atoms with van der Waals surface area (Å²) in [6.45, 7) is 7.16. The molecule has 0 saturated carbocycles. The van der Waals surface area contributed by atoms with E-state index in [1.165, 1.54) is 4.88 Å². The minimum Gasteiger partial charge on any atom is -0.376 e. The first-order valence-electron chi connectivity index (χ1n) is 5.60. The van der Waals surface area contributed by atoms with Crippen LogP contribution in [0.2, 0.25) is 0 Å². The Morgan fingerprint density at radius 2 is 2.50 bits per heavy atom. The van der Waals surface area contributed by atoms with E-state index < -0.39 is 0 Å². The Hall–Kier alpha value is -0.490. The molecule has 1 aliphatic heterocycles. The van der Waals surface area contributed by atoms with E-state index in [0.717, 1.165) is 18.8 Å². The van der Waals surface area contributed by atoms with Crippen LogP contribution in [0.3, 0.4) is 0 Å². The standard InChI is InChI=1S/C11H18N2O2S/c1-8(11-9(2)13-7-16-11)12-5-10-6-14-3-4-15-10/h7-8,10,12H,3-6H2,1-2H3. The molecule has 1 N–H and O–H groups in total. The van der Waals surface area contributed by atoms with Crippen molar-refractivity contribution in [1.29, 1.82) is 0 Å². The summed E-state index contributed by atoms with van der Waals surface area (Å²) in [6, 6.07) is 0.332. The summed E-state index contributed by atoms with van der Waals surface area (Å²) >= 11 is 1.70. The molecule has 1 aliphatic rings. The first-order chi connectivity index (χ1) is 7.77. The molecular weight excluding hydrogens is 224 g/mol. The SMILES string of the molecule is Cc1ncsc1C(C)NCC1COCCO1. The van der Waals surface area contributed by atoms with Crippen molar-refractivity contribution in [2.75, 3.05) is 26.4 Å². The van der Waals surface area contributed by atoms with E-state index in [1.54, 1.807) is 11.3 Å². The number of hydrogen-bond donors (Lipinski definition) is 1. The summed E-state index contributed by atoms with van der Waals surface area (Å²) in [5, 5.41) is 3.46. The number of nitrogens with zero attached hydrogens (tertiary/aromatic N) is 1. The Morgan fingerprint density at radius 3 is 3.12 bits per heavy atom. The number of aryl methyl sites for hydroxylation is 1. The zero-order valence-corrected chi connectivity index (χ0v) is 10.5. The number of aromatic nitrogens is 1. The zero-order valence-electron chi connectivity index (χ0n) is 9.73. The van der Waals surface area contributed by atoms with Gasteiger partial charge in [-0.1, -0.05) is 0 Å². The Kier molecular flexibility index (Phi) is 4.29. The lowest BCUT2D eigenvalue weighted by molar-refractivity contribution is -0.0869. The van der Waals surface area contributed by atoms with Crippen LogP contribution >= 0.6 is 11.3 Å². The van der Waals surface area contributed by atoms with Crippen LogP contribution in [0.4, 0.5) is 0 Å². The molecule has 5 heteroatoms. The lowest BCUT2D eigenvalue weighted by atomic mass is 10.2. The van der Waals surface area contributed by atoms with Crippen LogP contribution in [0.1, 0.15) is 23.5 Å². The first kappa shape index (κ1) is 12.0. The molecule has 16 heavy (non-hydrogen) atoms. The van der Waals surface area contributed by atoms with Crippen LogP contribution in [0, 0.1) is 6.92 Å². The van der Waals surface area contributed by atoms with Gasteiger partial charge in [-0.05, 0) is 13.8 Å². The molecule has 1 aromatic heterocycles. The fraction of sp³-hybridized carbons (Fsp3) is 0.727. The normalized spacial score (nSPS) is 23.2. The van der Waals surface area contributed by atoms with Gasteiger partial charge in [0.1, 0.15) is 0 Å². The van der Waals surface area contributed by atoms with Gasteiger partial charge in [-0.25, -0.2) is 4.98 Å². The molecule has 2 rings (SSSR count). The molecule has 0 spiro atoms. The lowest BCUT2D eigenvalue weighted by Crippen LogP contribution is -2.38. The maximum absolute atomic E-state index is 5.58. The Labute approximate surface area is 100.0 Å². The van der Waals surface area contributed by atoms with Gasteiger partial charge in [-0.3, -0.25) is 0 Å². The monoisotopic (exact) mass is 242 g/mol. The Bertz CT molecular complexity index is 324. The van der Waals surface area contributed by atoms with Gasteiger partial charge < -0.3 is 14.8 Å². The third-order valence-corrected chi connectivity index (χ3v) is 3.83. The van der Waals surface area contributed by atoms with Crippen LogP contribution < -0.4 is 5.32 Å². The van der Waals surface area contributed by atoms with Crippen molar-refractivity contribution in [2.45, 2.75) is 26.0 Å². The Morgan fingerprint density at radius 1 is 1.62 bits per heavy atom. The van der Waals surface area contributed by atoms with Gasteiger partial charge in [0.15, 0.2) is 0 Å². The quantitative estimate of drug-likeness (QED) is 0.869. The van der Waals surface area contributed by atoms with Gasteiger partial charge in [0, 0.05) is 17.5 Å². The van der Waals surface area contributed by atoms with Crippen LogP contribution in [0.15, 0.2) is 5.51 Å². The van der Waals surface area contributed by atoms with Crippen molar-refractivity contribution in [2.24, 2.45) is 0 Å². The molecule has 2 atom stereocenters. The van der Waals surface area contributed by atoms with E-state index in [0.29, 0.717) is 19.3 Å². The van der Waals surface area contributed by atoms with Crippen molar-refractivity contribution in [3.05, 3.63) is 16.1 Å². The molecule has 0 amide bonds. The predicted octanol–water partition coefficient (Wildman–Crippen LogP) is 1.52. The second-order valence-electron chi connectivity index (χ2n) is 4.00. The molecule has 90 valence electrons. The average molecular weight is 242 g/mol. The van der Waals surface area contributed by atoms with E-state index in [-0.39, 0.29) is 6.10 Å². The largest absolute Gasteiger partial charge is 0.376 e. The minimum atomic E-state index is 0.185. The summed E-state index contributed by atoms with van der Waals surface area (Å²) in [5.41, 5.74) is 3.01. The third-order valence-electron chi connectivity index (χ3n) is 2.71. The molecule has 2 unspecified atom stereocenters. The summed E-state index contributed by atoms with van der Waals surface area (Å²) in [4.78, 5) is 5.56. The lowest BCUT2D eigenvalue weighted by Gasteiger charge is -2.24. The fourth-order valence-corrected chi connectivity index (χ4v) is 2.62. The van der Waals surface area contributed by atoms with Gasteiger partial charge in [-0.2, -0.15) is 0 Å². The molecule has 0 radical (unpaired) electrons. The first-order valence-corrected chi connectivity index (χ1v) is 6.48. The molecule has 2 heterocycles. The second-order valence-corrected chi connectivity index (χ2v) is 4.89. The van der Waals surface area contributed by atoms with Gasteiger partial charge in [0.05, 0.1) is 37.1 Å². The van der Waals surface area contributed by atoms with Crippen molar-refractivity contribution in [3.8, 4) is 0 Å². The summed E-state index contributed by atoms with van der Waals surface area (Å²) < 4.78 is 10.9. The van der Waals surface area contributed by atoms with E-state index in [1.807, 2.05) is 12.4 Å². The third kappa shape index (κ3) is 3.01. The smallest absolute Gasteiger partial charge is 0.0933 e. The molecule has 0 aliphatic carbocycles. The number of thiazole rings is 1. The van der Waals surface area contributed by atoms with E-state index in [2.05, 4.69) is 17.2 Å². The van der Waals surface area contributed by atoms with Crippen LogP contribution in [-0.4, -0.2) is 37.5 Å². The van der Waals surface area contributed by atoms with Gasteiger partial charge in [0.2, 0.25) is 0 Å². The highest BCUT2D eigenvalue weighted by Gasteiger charge is 2.16. The number of ether oxygens (including phenoxy) is 2. The van der Waals surface area contributed by atoms with E-state index >= 15 is 0 Å². The molecule has 1 aromatic rings. The molecule has 1 fully saturated rings. The van der Waals surface area contributed by atoms with Crippen LogP contribution in [0.25, 0.3) is 0 Å². The van der Waals surface area contributed by atoms with Gasteiger partial charge in [0.25, 0.3) is 0 Å². The topological polar surface area (TPSA) is 43.4 Å². The predicted molar refractivity (Wildman–Crippen MR) is 63.8 cm³/mol. The highest BCUT2D eigenvalue weighted by molar-refractivity contribution is 7.09. The molecule has 0 bridgehead atoms. The number of nitrogens with one attached hydrogen (secondary N) is 1. The fourth-order valence-electron chi connectivity index (χ4n) is 1.78. The number of hydrogen-bond acceptors (Lipinski definition) is 5. The summed E-state index contributed by atoms with van der Waals surface area (Å²) in [5.74, 6) is 0. The molecule has 1 saturated heterocycles. The number of rotatable bonds is 4. The van der Waals surface area contributed by atoms with Crippen molar-refractivity contribution in [1.82, 2.24) is 10.3 Å². The minimum absolute atomic E-state index is 0.185. The van der Waals surface area contributed by atoms with E-state index in [4.69, 9.17) is 9.47 Å². The summed E-state index contributed by atoms with van der Waals surface area (Å²) in [6.07, 6.45) is 0.185.